The zero-order valence-electron chi connectivity index (χ0n) is 13.4. The Balaban J connectivity index is 1.97. The maximum Gasteiger partial charge on any atom is 0.435 e. The number of nitrogens with zero attached hydrogens (tertiary/aromatic N) is 4. The fourth-order valence-corrected chi connectivity index (χ4v) is 3.44. The lowest BCUT2D eigenvalue weighted by atomic mass is 10.2. The zero-order valence-corrected chi connectivity index (χ0v) is 14.2. The summed E-state index contributed by atoms with van der Waals surface area (Å²) in [4.78, 5) is 0.0793. The van der Waals surface area contributed by atoms with Crippen LogP contribution in [0.15, 0.2) is 23.4 Å². The summed E-state index contributed by atoms with van der Waals surface area (Å²) in [7, 11) is -2.09. The van der Waals surface area contributed by atoms with Crippen molar-refractivity contribution in [3.05, 3.63) is 29.8 Å². The third kappa shape index (κ3) is 4.15. The van der Waals surface area contributed by atoms with E-state index in [1.807, 2.05) is 0 Å². The van der Waals surface area contributed by atoms with Gasteiger partial charge in [-0.1, -0.05) is 6.92 Å². The van der Waals surface area contributed by atoms with E-state index in [0.717, 1.165) is 10.7 Å². The summed E-state index contributed by atoms with van der Waals surface area (Å²) in [5.74, 6) is -0.252. The monoisotopic (exact) mass is 365 g/mol. The van der Waals surface area contributed by atoms with E-state index in [9.17, 15) is 21.6 Å². The Morgan fingerprint density at radius 2 is 2.04 bits per heavy atom. The van der Waals surface area contributed by atoms with Gasteiger partial charge in [-0.3, -0.25) is 9.36 Å². The molecule has 1 atom stereocenters. The van der Waals surface area contributed by atoms with Crippen LogP contribution in [0.4, 0.5) is 13.2 Å². The van der Waals surface area contributed by atoms with Gasteiger partial charge in [0.25, 0.3) is 0 Å². The van der Waals surface area contributed by atoms with Gasteiger partial charge in [0.2, 0.25) is 10.0 Å². The van der Waals surface area contributed by atoms with Gasteiger partial charge in [-0.25, -0.2) is 13.1 Å². The number of alkyl halides is 3. The molecule has 0 radical (unpaired) electrons. The molecule has 0 aliphatic rings. The predicted molar refractivity (Wildman–Crippen MR) is 79.5 cm³/mol. The number of hydrogen-bond donors (Lipinski definition) is 1. The van der Waals surface area contributed by atoms with E-state index in [1.54, 1.807) is 20.9 Å². The van der Waals surface area contributed by atoms with Gasteiger partial charge in [-0.2, -0.15) is 23.4 Å². The minimum atomic E-state index is -4.49. The Hall–Kier alpha value is -1.88. The molecule has 0 spiro atoms. The van der Waals surface area contributed by atoms with E-state index in [-0.39, 0.29) is 23.9 Å². The number of hydrogen-bond acceptors (Lipinski definition) is 4. The highest BCUT2D eigenvalue weighted by Gasteiger charge is 2.33. The van der Waals surface area contributed by atoms with Crippen LogP contribution in [0.2, 0.25) is 0 Å². The number of sulfonamides is 1. The van der Waals surface area contributed by atoms with Crippen LogP contribution in [0, 0.1) is 12.8 Å². The quantitative estimate of drug-likeness (QED) is 0.842. The van der Waals surface area contributed by atoms with Gasteiger partial charge in [-0.05, 0) is 18.9 Å². The first kappa shape index (κ1) is 18.5. The van der Waals surface area contributed by atoms with Crippen molar-refractivity contribution in [3.8, 4) is 0 Å². The van der Waals surface area contributed by atoms with Crippen molar-refractivity contribution in [3.63, 3.8) is 0 Å². The molecule has 1 unspecified atom stereocenters. The van der Waals surface area contributed by atoms with Crippen LogP contribution in [0.25, 0.3) is 0 Å². The molecule has 0 saturated heterocycles. The highest BCUT2D eigenvalue weighted by atomic mass is 32.2. The van der Waals surface area contributed by atoms with Gasteiger partial charge in [0.05, 0.1) is 11.9 Å². The van der Waals surface area contributed by atoms with Gasteiger partial charge in [0.15, 0.2) is 5.69 Å². The smallest absolute Gasteiger partial charge is 0.272 e. The maximum atomic E-state index is 12.5. The average Bonchev–Trinajstić information content (AvgIpc) is 3.05. The summed E-state index contributed by atoms with van der Waals surface area (Å²) in [6, 6.07) is 0.885. The largest absolute Gasteiger partial charge is 0.435 e. The first-order valence-corrected chi connectivity index (χ1v) is 8.58. The van der Waals surface area contributed by atoms with Crippen molar-refractivity contribution in [2.24, 2.45) is 13.0 Å². The molecule has 2 aromatic rings. The van der Waals surface area contributed by atoms with Gasteiger partial charge < -0.3 is 0 Å². The molecule has 0 amide bonds. The molecule has 24 heavy (non-hydrogen) atoms. The Kier molecular flexibility index (Phi) is 5.04. The number of nitrogens with one attached hydrogen (secondary N) is 1. The SMILES string of the molecule is Cc1c(S(=O)(=O)NCC(C)Cn2ccc(C(F)(F)F)n2)cnn1C. The number of halogens is 3. The van der Waals surface area contributed by atoms with Crippen LogP contribution >= 0.6 is 0 Å². The molecule has 134 valence electrons. The standard InChI is InChI=1S/C13H18F3N5O2S/c1-9(8-21-5-4-12(19-21)13(14,15)16)6-18-24(22,23)11-7-17-20(3)10(11)2/h4-5,7,9,18H,6,8H2,1-3H3. The van der Waals surface area contributed by atoms with Gasteiger partial charge >= 0.3 is 6.18 Å². The molecule has 2 heterocycles. The summed E-state index contributed by atoms with van der Waals surface area (Å²) in [6.07, 6.45) is -2.02. The highest BCUT2D eigenvalue weighted by Crippen LogP contribution is 2.27. The van der Waals surface area contributed by atoms with Crippen molar-refractivity contribution in [2.45, 2.75) is 31.5 Å². The van der Waals surface area contributed by atoms with E-state index in [1.165, 1.54) is 17.1 Å². The molecule has 2 aromatic heterocycles. The van der Waals surface area contributed by atoms with Crippen molar-refractivity contribution in [1.29, 1.82) is 0 Å². The predicted octanol–water partition coefficient (Wildman–Crippen LogP) is 1.56. The average molecular weight is 365 g/mol. The third-order valence-corrected chi connectivity index (χ3v) is 5.06. The number of aryl methyl sites for hydroxylation is 1. The lowest BCUT2D eigenvalue weighted by Gasteiger charge is -2.13. The second-order valence-electron chi connectivity index (χ2n) is 5.60. The molecule has 0 bridgehead atoms. The van der Waals surface area contributed by atoms with Crippen LogP contribution in [0.5, 0.6) is 0 Å². The molecule has 0 aliphatic heterocycles. The van der Waals surface area contributed by atoms with E-state index in [4.69, 9.17) is 0 Å². The van der Waals surface area contributed by atoms with E-state index in [0.29, 0.717) is 5.69 Å². The second-order valence-corrected chi connectivity index (χ2v) is 7.33. The van der Waals surface area contributed by atoms with E-state index < -0.39 is 21.9 Å². The fourth-order valence-electron chi connectivity index (χ4n) is 2.07. The minimum Gasteiger partial charge on any atom is -0.272 e. The topological polar surface area (TPSA) is 81.8 Å². The normalized spacial score (nSPS) is 14.1. The van der Waals surface area contributed by atoms with Crippen molar-refractivity contribution >= 4 is 10.0 Å². The molecular formula is C13H18F3N5O2S. The number of rotatable bonds is 6. The zero-order chi connectivity index (χ0) is 18.1. The van der Waals surface area contributed by atoms with Gasteiger partial charge in [0.1, 0.15) is 4.90 Å². The third-order valence-electron chi connectivity index (χ3n) is 3.53. The summed E-state index contributed by atoms with van der Waals surface area (Å²) in [5.41, 5.74) is -0.474. The lowest BCUT2D eigenvalue weighted by molar-refractivity contribution is -0.141. The lowest BCUT2D eigenvalue weighted by Crippen LogP contribution is -2.30. The molecule has 1 N–H and O–H groups in total. The Morgan fingerprint density at radius 3 is 2.54 bits per heavy atom. The maximum absolute atomic E-state index is 12.5. The summed E-state index contributed by atoms with van der Waals surface area (Å²) >= 11 is 0. The van der Waals surface area contributed by atoms with Crippen LogP contribution < -0.4 is 4.72 Å². The Labute approximate surface area is 137 Å². The van der Waals surface area contributed by atoms with Crippen molar-refractivity contribution < 1.29 is 21.6 Å². The van der Waals surface area contributed by atoms with Gasteiger partial charge in [-0.15, -0.1) is 0 Å². The molecule has 11 heteroatoms. The van der Waals surface area contributed by atoms with Gasteiger partial charge in [0, 0.05) is 26.3 Å². The van der Waals surface area contributed by atoms with E-state index >= 15 is 0 Å². The Bertz CT molecular complexity index is 810. The summed E-state index contributed by atoms with van der Waals surface area (Å²) in [6.45, 7) is 3.57. The van der Waals surface area contributed by atoms with E-state index in [2.05, 4.69) is 14.9 Å². The fraction of sp³-hybridized carbons (Fsp3) is 0.538. The highest BCUT2D eigenvalue weighted by molar-refractivity contribution is 7.89. The number of aromatic nitrogens is 4. The molecule has 2 rings (SSSR count). The first-order valence-electron chi connectivity index (χ1n) is 7.09. The van der Waals surface area contributed by atoms with Crippen LogP contribution in [0.1, 0.15) is 18.3 Å². The second kappa shape index (κ2) is 6.55. The van der Waals surface area contributed by atoms with Crippen molar-refractivity contribution in [1.82, 2.24) is 24.3 Å². The molecule has 0 fully saturated rings. The molecule has 7 nitrogen and oxygen atoms in total. The van der Waals surface area contributed by atoms with Crippen LogP contribution in [-0.4, -0.2) is 34.5 Å². The Morgan fingerprint density at radius 1 is 1.38 bits per heavy atom. The summed E-state index contributed by atoms with van der Waals surface area (Å²) in [5, 5.41) is 7.32. The molecular weight excluding hydrogens is 347 g/mol. The molecule has 0 aromatic carbocycles. The minimum absolute atomic E-state index is 0.0673. The van der Waals surface area contributed by atoms with Crippen LogP contribution in [-0.2, 0) is 29.8 Å². The van der Waals surface area contributed by atoms with Crippen LogP contribution in [0.3, 0.4) is 0 Å². The molecule has 0 saturated carbocycles. The summed E-state index contributed by atoms with van der Waals surface area (Å²) < 4.78 is 67.0. The first-order chi connectivity index (χ1) is 11.0. The molecule has 0 aliphatic carbocycles. The van der Waals surface area contributed by atoms with Crippen molar-refractivity contribution in [2.75, 3.05) is 6.54 Å².